The summed E-state index contributed by atoms with van der Waals surface area (Å²) in [4.78, 5) is 0. The highest BCUT2D eigenvalue weighted by Gasteiger charge is 2.21. The fourth-order valence-corrected chi connectivity index (χ4v) is 3.29. The van der Waals surface area contributed by atoms with Crippen molar-refractivity contribution in [3.8, 4) is 0 Å². The lowest BCUT2D eigenvalue weighted by Crippen LogP contribution is -2.14. The molecule has 0 saturated carbocycles. The molecule has 2 heterocycles. The number of benzene rings is 1. The van der Waals surface area contributed by atoms with Gasteiger partial charge in [0.05, 0.1) is 11.7 Å². The summed E-state index contributed by atoms with van der Waals surface area (Å²) in [7, 11) is 0. The van der Waals surface area contributed by atoms with Gasteiger partial charge in [0.15, 0.2) is 5.82 Å². The molecule has 3 rings (SSSR count). The Morgan fingerprint density at radius 2 is 2.30 bits per heavy atom. The third kappa shape index (κ3) is 3.82. The Hall–Kier alpha value is -2.82. The number of aromatic nitrogens is 2. The average molecular weight is 480 g/mol. The molecule has 140 valence electrons. The highest BCUT2D eigenvalue weighted by atomic mass is 127. The lowest BCUT2D eigenvalue weighted by Gasteiger charge is -2.18. The molecular weight excluding hydrogens is 462 g/mol. The number of H-pyrrole nitrogens is 1. The Balaban J connectivity index is 2.19. The third-order valence-corrected chi connectivity index (χ3v) is 4.72. The lowest BCUT2D eigenvalue weighted by molar-refractivity contribution is 0.623. The molecule has 1 aromatic carbocycles. The zero-order valence-electron chi connectivity index (χ0n) is 14.7. The van der Waals surface area contributed by atoms with E-state index in [1.807, 2.05) is 12.2 Å². The van der Waals surface area contributed by atoms with Crippen molar-refractivity contribution in [3.63, 3.8) is 0 Å². The number of aromatic amines is 1. The van der Waals surface area contributed by atoms with Crippen LogP contribution in [0.3, 0.4) is 0 Å². The van der Waals surface area contributed by atoms with Gasteiger partial charge in [-0.2, -0.15) is 8.30 Å². The first-order valence-corrected chi connectivity index (χ1v) is 9.81. The second-order valence-electron chi connectivity index (χ2n) is 6.01. The quantitative estimate of drug-likeness (QED) is 0.295. The van der Waals surface area contributed by atoms with Gasteiger partial charge in [0, 0.05) is 29.1 Å². The molecule has 0 spiro atoms. The van der Waals surface area contributed by atoms with Gasteiger partial charge in [-0.05, 0) is 42.7 Å². The largest absolute Gasteiger partial charge is 0.383 e. The van der Waals surface area contributed by atoms with Crippen LogP contribution in [0.4, 0.5) is 10.1 Å². The van der Waals surface area contributed by atoms with Crippen LogP contribution in [0.5, 0.6) is 0 Å². The molecule has 0 atom stereocenters. The van der Waals surface area contributed by atoms with Gasteiger partial charge >= 0.3 is 0 Å². The highest BCUT2D eigenvalue weighted by molar-refractivity contribution is 14.1. The molecule has 9 heteroatoms. The summed E-state index contributed by atoms with van der Waals surface area (Å²) in [5.41, 5.74) is 9.87. The van der Waals surface area contributed by atoms with E-state index in [0.717, 1.165) is 16.5 Å². The van der Waals surface area contributed by atoms with Gasteiger partial charge in [0.1, 0.15) is 11.5 Å². The fraction of sp³-hybridized carbons (Fsp3) is 0.111. The molecule has 0 bridgehead atoms. The first-order valence-electron chi connectivity index (χ1n) is 7.96. The number of fused-ring (bicyclic) bond motifs is 1. The summed E-state index contributed by atoms with van der Waals surface area (Å²) < 4.78 is 29.5. The van der Waals surface area contributed by atoms with Crippen LogP contribution in [-0.2, 0) is 3.07 Å². The van der Waals surface area contributed by atoms with Gasteiger partial charge in [0.25, 0.3) is 21.5 Å². The number of nitrogens with zero attached hydrogens (tertiary/aromatic N) is 2. The van der Waals surface area contributed by atoms with E-state index < -0.39 is 21.5 Å². The Bertz CT molecular complexity index is 1060. The van der Waals surface area contributed by atoms with E-state index in [1.54, 1.807) is 32.3 Å². The standard InChI is InChI=1S/C18H18FIN6O/c1-9(2)24-18-16(19)10(3)15(13-8-23-26-17(13)18)11-4-5-22-12(6-11)7-14(21)25-20-27/h4-8,22,24H,1H2,2-3H3,(H,23,26)(H2,21,25,27)/b12-7-. The van der Waals surface area contributed by atoms with Crippen molar-refractivity contribution < 1.29 is 7.46 Å². The number of nitrogens with two attached hydrogens (primary N) is 1. The van der Waals surface area contributed by atoms with Crippen LogP contribution in [0.15, 0.2) is 51.8 Å². The molecule has 27 heavy (non-hydrogen) atoms. The van der Waals surface area contributed by atoms with E-state index in [4.69, 9.17) is 5.73 Å². The van der Waals surface area contributed by atoms with Crippen molar-refractivity contribution in [2.45, 2.75) is 13.8 Å². The molecule has 1 aliphatic rings. The van der Waals surface area contributed by atoms with Crippen molar-refractivity contribution in [2.75, 3.05) is 5.32 Å². The summed E-state index contributed by atoms with van der Waals surface area (Å²) >= 11 is -1.53. The number of amidine groups is 1. The number of allylic oxidation sites excluding steroid dienone is 4. The van der Waals surface area contributed by atoms with Crippen molar-refractivity contribution in [2.24, 2.45) is 8.94 Å². The molecule has 0 aliphatic carbocycles. The molecule has 1 aliphatic heterocycles. The maximum Gasteiger partial charge on any atom is 0.297 e. The SMILES string of the molecule is C=C(C)Nc1c(F)c(C)c(C2=C/C(=C/C(N)=N/I=O)NC=C2)c2cn[nH]c12. The predicted molar refractivity (Wildman–Crippen MR) is 114 cm³/mol. The molecule has 5 N–H and O–H groups in total. The maximum absolute atomic E-state index is 15.1. The summed E-state index contributed by atoms with van der Waals surface area (Å²) in [6.45, 7) is 7.26. The lowest BCUT2D eigenvalue weighted by atomic mass is 9.93. The van der Waals surface area contributed by atoms with Crippen LogP contribution < -0.4 is 16.4 Å². The van der Waals surface area contributed by atoms with Gasteiger partial charge in [-0.3, -0.25) is 5.10 Å². The minimum atomic E-state index is -1.53. The minimum absolute atomic E-state index is 0.170. The molecule has 0 fully saturated rings. The molecule has 0 saturated heterocycles. The predicted octanol–water partition coefficient (Wildman–Crippen LogP) is 3.93. The van der Waals surface area contributed by atoms with Crippen molar-refractivity contribution >= 4 is 49.5 Å². The Kier molecular flexibility index (Phi) is 5.49. The average Bonchev–Trinajstić information content (AvgIpc) is 3.08. The molecule has 1 aromatic heterocycles. The van der Waals surface area contributed by atoms with Crippen molar-refractivity contribution in [3.05, 3.63) is 65.5 Å². The zero-order chi connectivity index (χ0) is 19.6. The van der Waals surface area contributed by atoms with Gasteiger partial charge in [-0.25, -0.2) is 7.46 Å². The first kappa shape index (κ1) is 19.0. The Morgan fingerprint density at radius 1 is 1.52 bits per heavy atom. The second-order valence-corrected chi connectivity index (χ2v) is 6.88. The van der Waals surface area contributed by atoms with E-state index in [9.17, 15) is 3.07 Å². The van der Waals surface area contributed by atoms with Crippen molar-refractivity contribution in [1.82, 2.24) is 15.5 Å². The molecular formula is C18H18FIN6O. The minimum Gasteiger partial charge on any atom is -0.383 e. The summed E-state index contributed by atoms with van der Waals surface area (Å²) in [6.07, 6.45) is 8.63. The smallest absolute Gasteiger partial charge is 0.297 e. The highest BCUT2D eigenvalue weighted by Crippen LogP contribution is 2.37. The molecule has 0 unspecified atom stereocenters. The summed E-state index contributed by atoms with van der Waals surface area (Å²) in [5, 5.41) is 13.7. The number of rotatable bonds is 5. The molecule has 0 radical (unpaired) electrons. The topological polar surface area (TPSA) is 108 Å². The third-order valence-electron chi connectivity index (χ3n) is 3.97. The van der Waals surface area contributed by atoms with Gasteiger partial charge < -0.3 is 16.4 Å². The van der Waals surface area contributed by atoms with E-state index in [1.165, 1.54) is 0 Å². The van der Waals surface area contributed by atoms with Crippen molar-refractivity contribution in [1.29, 1.82) is 0 Å². The molecule has 7 nitrogen and oxygen atoms in total. The van der Waals surface area contributed by atoms with E-state index >= 15 is 4.39 Å². The number of hydrogen-bond donors (Lipinski definition) is 4. The van der Waals surface area contributed by atoms with Crippen LogP contribution in [0.2, 0.25) is 0 Å². The number of dihydropyridines is 1. The van der Waals surface area contributed by atoms with E-state index in [0.29, 0.717) is 28.2 Å². The number of halogens is 2. The van der Waals surface area contributed by atoms with Gasteiger partial charge in [0.2, 0.25) is 0 Å². The van der Waals surface area contributed by atoms with Gasteiger partial charge in [-0.1, -0.05) is 6.58 Å². The summed E-state index contributed by atoms with van der Waals surface area (Å²) in [6, 6.07) is 0. The number of hydrogen-bond acceptors (Lipinski definition) is 4. The monoisotopic (exact) mass is 480 g/mol. The number of nitrogens with one attached hydrogen (secondary N) is 3. The van der Waals surface area contributed by atoms with Crippen LogP contribution in [0, 0.1) is 12.7 Å². The zero-order valence-corrected chi connectivity index (χ0v) is 16.9. The van der Waals surface area contributed by atoms with Crippen LogP contribution in [-0.4, -0.2) is 16.0 Å². The Morgan fingerprint density at radius 3 is 3.00 bits per heavy atom. The summed E-state index contributed by atoms with van der Waals surface area (Å²) in [5.74, 6) is -0.205. The van der Waals surface area contributed by atoms with Crippen LogP contribution >= 0.6 is 21.5 Å². The van der Waals surface area contributed by atoms with E-state index in [-0.39, 0.29) is 11.7 Å². The maximum atomic E-state index is 15.1. The normalized spacial score (nSPS) is 15.7. The van der Waals surface area contributed by atoms with E-state index in [2.05, 4.69) is 30.6 Å². The molecule has 0 amide bonds. The number of anilines is 1. The van der Waals surface area contributed by atoms with Crippen LogP contribution in [0.25, 0.3) is 16.5 Å². The molecule has 2 aromatic rings. The fourth-order valence-electron chi connectivity index (χ4n) is 2.93. The first-order chi connectivity index (χ1) is 12.9. The second kappa shape index (κ2) is 7.82. The van der Waals surface area contributed by atoms with Crippen LogP contribution in [0.1, 0.15) is 18.1 Å². The Labute approximate surface area is 166 Å². The van der Waals surface area contributed by atoms with Gasteiger partial charge in [-0.15, -0.1) is 0 Å².